The number of amides is 4. The fourth-order valence-electron chi connectivity index (χ4n) is 3.98. The molecule has 2 rings (SSSR count). The van der Waals surface area contributed by atoms with Crippen molar-refractivity contribution in [2.75, 3.05) is 13.7 Å². The summed E-state index contributed by atoms with van der Waals surface area (Å²) < 4.78 is 9.96. The van der Waals surface area contributed by atoms with E-state index in [0.717, 1.165) is 12.0 Å². The number of hydrogen-bond acceptors (Lipinski definition) is 7. The van der Waals surface area contributed by atoms with Crippen LogP contribution in [-0.2, 0) is 28.7 Å². The number of hydrogen-bond donors (Lipinski definition) is 3. The molecule has 0 heterocycles. The largest absolute Gasteiger partial charge is 0.468 e. The fraction of sp³-hybridized carbons (Fsp3) is 0.519. The molecule has 1 fully saturated rings. The number of carbonyl (C=O) groups excluding carboxylic acids is 5. The molecule has 4 N–H and O–H groups in total. The zero-order valence-corrected chi connectivity index (χ0v) is 22.5. The Morgan fingerprint density at radius 1 is 1.21 bits per heavy atom. The molecular weight excluding hydrogens is 492 g/mol. The van der Waals surface area contributed by atoms with E-state index in [4.69, 9.17) is 10.5 Å². The predicted molar refractivity (Wildman–Crippen MR) is 140 cm³/mol. The molecule has 1 aromatic carbocycles. The SMILES string of the molecule is C=Cc1cccc(C(C(=O)NCC(=O)OC)N(C(=O)C(CCC(N)=O)NC(=O)OC(C)(C)C)C2CCC2)c1. The lowest BCUT2D eigenvalue weighted by atomic mass is 9.87. The monoisotopic (exact) mass is 530 g/mol. The molecule has 0 radical (unpaired) electrons. The summed E-state index contributed by atoms with van der Waals surface area (Å²) in [5.74, 6) is -2.45. The molecule has 0 bridgehead atoms. The summed E-state index contributed by atoms with van der Waals surface area (Å²) in [5.41, 5.74) is 5.74. The highest BCUT2D eigenvalue weighted by atomic mass is 16.6. The average Bonchev–Trinajstić information content (AvgIpc) is 2.81. The van der Waals surface area contributed by atoms with Crippen LogP contribution in [0.25, 0.3) is 6.08 Å². The third-order valence-corrected chi connectivity index (χ3v) is 6.01. The Balaban J connectivity index is 2.51. The number of rotatable bonds is 12. The van der Waals surface area contributed by atoms with Crippen LogP contribution in [0.3, 0.4) is 0 Å². The molecule has 11 heteroatoms. The van der Waals surface area contributed by atoms with E-state index in [-0.39, 0.29) is 25.4 Å². The molecule has 4 amide bonds. The average molecular weight is 531 g/mol. The molecule has 2 atom stereocenters. The summed E-state index contributed by atoms with van der Waals surface area (Å²) in [6.45, 7) is 8.43. The van der Waals surface area contributed by atoms with Crippen LogP contribution >= 0.6 is 0 Å². The Bertz CT molecular complexity index is 1050. The fourth-order valence-corrected chi connectivity index (χ4v) is 3.98. The zero-order valence-electron chi connectivity index (χ0n) is 22.5. The number of benzene rings is 1. The molecule has 38 heavy (non-hydrogen) atoms. The molecule has 0 spiro atoms. The molecule has 0 aromatic heterocycles. The van der Waals surface area contributed by atoms with E-state index in [1.54, 1.807) is 51.1 Å². The molecule has 1 saturated carbocycles. The van der Waals surface area contributed by atoms with Crippen molar-refractivity contribution in [2.24, 2.45) is 5.73 Å². The molecule has 0 aliphatic heterocycles. The summed E-state index contributed by atoms with van der Waals surface area (Å²) in [7, 11) is 1.20. The van der Waals surface area contributed by atoms with Gasteiger partial charge in [0.25, 0.3) is 0 Å². The Hall–Kier alpha value is -3.89. The first-order valence-corrected chi connectivity index (χ1v) is 12.5. The van der Waals surface area contributed by atoms with E-state index in [9.17, 15) is 24.0 Å². The lowest BCUT2D eigenvalue weighted by Crippen LogP contribution is -2.57. The van der Waals surface area contributed by atoms with Crippen molar-refractivity contribution in [3.05, 3.63) is 42.0 Å². The molecule has 1 aliphatic carbocycles. The first-order chi connectivity index (χ1) is 17.9. The van der Waals surface area contributed by atoms with Crippen LogP contribution in [0.15, 0.2) is 30.8 Å². The molecule has 11 nitrogen and oxygen atoms in total. The highest BCUT2D eigenvalue weighted by Gasteiger charge is 2.42. The second kappa shape index (κ2) is 13.6. The first-order valence-electron chi connectivity index (χ1n) is 12.5. The van der Waals surface area contributed by atoms with Gasteiger partial charge < -0.3 is 30.7 Å². The summed E-state index contributed by atoms with van der Waals surface area (Å²) in [4.78, 5) is 64.9. The van der Waals surface area contributed by atoms with Gasteiger partial charge in [-0.3, -0.25) is 19.2 Å². The van der Waals surface area contributed by atoms with Gasteiger partial charge in [-0.05, 0) is 63.6 Å². The van der Waals surface area contributed by atoms with Crippen LogP contribution < -0.4 is 16.4 Å². The van der Waals surface area contributed by atoms with Crippen LogP contribution in [0.2, 0.25) is 0 Å². The quantitative estimate of drug-likeness (QED) is 0.350. The van der Waals surface area contributed by atoms with Crippen molar-refractivity contribution in [1.82, 2.24) is 15.5 Å². The van der Waals surface area contributed by atoms with Crippen molar-refractivity contribution in [3.8, 4) is 0 Å². The van der Waals surface area contributed by atoms with Crippen molar-refractivity contribution in [3.63, 3.8) is 0 Å². The zero-order chi connectivity index (χ0) is 28.5. The molecule has 0 saturated heterocycles. The van der Waals surface area contributed by atoms with Crippen molar-refractivity contribution >= 4 is 35.9 Å². The normalized spacial score (nSPS) is 14.7. The minimum atomic E-state index is -1.18. The van der Waals surface area contributed by atoms with Gasteiger partial charge in [0.15, 0.2) is 0 Å². The van der Waals surface area contributed by atoms with Crippen molar-refractivity contribution in [2.45, 2.75) is 76.6 Å². The van der Waals surface area contributed by atoms with E-state index < -0.39 is 47.5 Å². The van der Waals surface area contributed by atoms with E-state index in [2.05, 4.69) is 21.9 Å². The predicted octanol–water partition coefficient (Wildman–Crippen LogP) is 2.20. The number of nitrogens with one attached hydrogen (secondary N) is 2. The third-order valence-electron chi connectivity index (χ3n) is 6.01. The number of methoxy groups -OCH3 is 1. The Morgan fingerprint density at radius 2 is 1.89 bits per heavy atom. The summed E-state index contributed by atoms with van der Waals surface area (Å²) in [6, 6.07) is 4.35. The van der Waals surface area contributed by atoms with E-state index in [1.807, 2.05) is 0 Å². The maximum Gasteiger partial charge on any atom is 0.408 e. The maximum absolute atomic E-state index is 14.1. The molecule has 2 unspecified atom stereocenters. The van der Waals surface area contributed by atoms with Gasteiger partial charge in [0, 0.05) is 12.5 Å². The third kappa shape index (κ3) is 8.89. The summed E-state index contributed by atoms with van der Waals surface area (Å²) in [6.07, 6.45) is 2.65. The van der Waals surface area contributed by atoms with Gasteiger partial charge in [-0.25, -0.2) is 4.79 Å². The lowest BCUT2D eigenvalue weighted by Gasteiger charge is -2.43. The second-order valence-electron chi connectivity index (χ2n) is 10.1. The highest BCUT2D eigenvalue weighted by molar-refractivity contribution is 5.93. The Kier molecular flexibility index (Phi) is 10.9. The van der Waals surface area contributed by atoms with Crippen molar-refractivity contribution in [1.29, 1.82) is 0 Å². The minimum absolute atomic E-state index is 0.0835. The van der Waals surface area contributed by atoms with Crippen molar-refractivity contribution < 1.29 is 33.4 Å². The van der Waals surface area contributed by atoms with E-state index >= 15 is 0 Å². The van der Waals surface area contributed by atoms with Gasteiger partial charge in [-0.15, -0.1) is 0 Å². The number of alkyl carbamates (subject to hydrolysis) is 1. The van der Waals surface area contributed by atoms with Crippen LogP contribution in [0.5, 0.6) is 0 Å². The number of nitrogens with zero attached hydrogens (tertiary/aromatic N) is 1. The van der Waals surface area contributed by atoms with E-state index in [1.165, 1.54) is 12.0 Å². The van der Waals surface area contributed by atoms with Crippen LogP contribution in [0.4, 0.5) is 4.79 Å². The van der Waals surface area contributed by atoms with Crippen LogP contribution in [0.1, 0.15) is 70.0 Å². The number of primary amides is 1. The number of esters is 1. The second-order valence-corrected chi connectivity index (χ2v) is 10.1. The van der Waals surface area contributed by atoms with Crippen LogP contribution in [-0.4, -0.2) is 66.0 Å². The number of nitrogens with two attached hydrogens (primary N) is 1. The number of ether oxygens (including phenoxy) is 2. The standard InChI is InChI=1S/C27H38N4O7/c1-6-17-9-7-10-18(15-17)23(24(34)29-16-22(33)37-5)31(19-11-8-12-19)25(35)20(13-14-21(28)32)30-26(36)38-27(2,3)4/h6-7,9-10,15,19-20,23H,1,8,11-14,16H2,2-5H3,(H2,28,32)(H,29,34)(H,30,36). The van der Waals surface area contributed by atoms with E-state index in [0.29, 0.717) is 18.4 Å². The maximum atomic E-state index is 14.1. The molecular formula is C27H38N4O7. The van der Waals surface area contributed by atoms with Gasteiger partial charge in [0.2, 0.25) is 17.7 Å². The minimum Gasteiger partial charge on any atom is -0.468 e. The van der Waals surface area contributed by atoms with Gasteiger partial charge in [0.05, 0.1) is 7.11 Å². The first kappa shape index (κ1) is 30.3. The molecule has 208 valence electrons. The van der Waals surface area contributed by atoms with Crippen LogP contribution in [0, 0.1) is 0 Å². The van der Waals surface area contributed by atoms with Gasteiger partial charge in [-0.1, -0.05) is 30.9 Å². The van der Waals surface area contributed by atoms with Gasteiger partial charge >= 0.3 is 12.1 Å². The summed E-state index contributed by atoms with van der Waals surface area (Å²) in [5, 5.41) is 5.11. The molecule has 1 aliphatic rings. The van der Waals surface area contributed by atoms with Gasteiger partial charge in [-0.2, -0.15) is 0 Å². The smallest absolute Gasteiger partial charge is 0.408 e. The lowest BCUT2D eigenvalue weighted by molar-refractivity contribution is -0.148. The summed E-state index contributed by atoms with van der Waals surface area (Å²) >= 11 is 0. The highest BCUT2D eigenvalue weighted by Crippen LogP contribution is 2.34. The topological polar surface area (TPSA) is 157 Å². The molecule has 1 aromatic rings. The van der Waals surface area contributed by atoms with Gasteiger partial charge in [0.1, 0.15) is 24.2 Å². The Morgan fingerprint density at radius 3 is 2.42 bits per heavy atom. The number of carbonyl (C=O) groups is 5. The Labute approximate surface area is 223 Å².